The highest BCUT2D eigenvalue weighted by molar-refractivity contribution is 5.71. The standard InChI is InChI=1S/C59H90O6/c1-4-7-10-13-16-19-22-25-27-28-29-30-32-34-37-40-43-46-49-52-58(61)64-55-56(54-63-57(60)51-48-45-42-39-36-33-24-21-18-15-12-9-6-3)65-59(62)53-50-47-44-41-38-35-31-26-23-20-17-14-11-8-5-2/h7-12,14-21,23-27,29-31,33,36,56H,4-6,13,22,28,32,34-35,37-55H2,1-3H3/b10-7-,11-8-,12-9-,17-14-,18-15-,19-16-,23-20-,24-21-,27-25-,30-29-,31-26-,36-33-. The van der Waals surface area contributed by atoms with Crippen molar-refractivity contribution >= 4 is 17.9 Å². The molecule has 0 aliphatic carbocycles. The lowest BCUT2D eigenvalue weighted by molar-refractivity contribution is -0.167. The van der Waals surface area contributed by atoms with Crippen LogP contribution in [0.15, 0.2) is 146 Å². The second-order valence-electron chi connectivity index (χ2n) is 16.1. The lowest BCUT2D eigenvalue weighted by Gasteiger charge is -2.18. The lowest BCUT2D eigenvalue weighted by Crippen LogP contribution is -2.30. The molecule has 65 heavy (non-hydrogen) atoms. The van der Waals surface area contributed by atoms with Crippen LogP contribution in [0.3, 0.4) is 0 Å². The number of allylic oxidation sites excluding steroid dienone is 24. The van der Waals surface area contributed by atoms with Gasteiger partial charge in [-0.25, -0.2) is 0 Å². The van der Waals surface area contributed by atoms with Gasteiger partial charge in [0.15, 0.2) is 6.10 Å². The Morgan fingerprint density at radius 3 is 1.06 bits per heavy atom. The summed E-state index contributed by atoms with van der Waals surface area (Å²) in [5, 5.41) is 0. The average Bonchev–Trinajstić information content (AvgIpc) is 3.30. The molecule has 0 spiro atoms. The topological polar surface area (TPSA) is 78.9 Å². The predicted molar refractivity (Wildman–Crippen MR) is 279 cm³/mol. The first kappa shape index (κ1) is 60.3. The monoisotopic (exact) mass is 895 g/mol. The zero-order valence-corrected chi connectivity index (χ0v) is 41.2. The van der Waals surface area contributed by atoms with E-state index in [-0.39, 0.29) is 37.5 Å². The smallest absolute Gasteiger partial charge is 0.306 e. The van der Waals surface area contributed by atoms with Crippen LogP contribution < -0.4 is 0 Å². The van der Waals surface area contributed by atoms with Gasteiger partial charge in [0.1, 0.15) is 13.2 Å². The van der Waals surface area contributed by atoms with Crippen LogP contribution >= 0.6 is 0 Å². The van der Waals surface area contributed by atoms with Crippen molar-refractivity contribution in [1.29, 1.82) is 0 Å². The molecule has 0 aromatic heterocycles. The van der Waals surface area contributed by atoms with E-state index in [0.717, 1.165) is 135 Å². The fraction of sp³-hybridized carbons (Fsp3) is 0.542. The minimum atomic E-state index is -0.819. The largest absolute Gasteiger partial charge is 0.462 e. The first-order valence-electron chi connectivity index (χ1n) is 25.4. The molecule has 0 aliphatic rings. The van der Waals surface area contributed by atoms with Crippen LogP contribution in [0.25, 0.3) is 0 Å². The fourth-order valence-corrected chi connectivity index (χ4v) is 6.28. The molecular weight excluding hydrogens is 805 g/mol. The number of carbonyl (C=O) groups excluding carboxylic acids is 3. The van der Waals surface area contributed by atoms with Gasteiger partial charge in [-0.3, -0.25) is 14.4 Å². The van der Waals surface area contributed by atoms with Crippen molar-refractivity contribution in [2.24, 2.45) is 0 Å². The van der Waals surface area contributed by atoms with E-state index in [9.17, 15) is 14.4 Å². The van der Waals surface area contributed by atoms with Gasteiger partial charge in [0.05, 0.1) is 0 Å². The van der Waals surface area contributed by atoms with Gasteiger partial charge >= 0.3 is 17.9 Å². The molecule has 0 saturated carbocycles. The highest BCUT2D eigenvalue weighted by atomic mass is 16.6. The minimum absolute atomic E-state index is 0.115. The van der Waals surface area contributed by atoms with Crippen LogP contribution in [0.5, 0.6) is 0 Å². The van der Waals surface area contributed by atoms with Gasteiger partial charge in [0.25, 0.3) is 0 Å². The quantitative estimate of drug-likeness (QED) is 0.0199. The Bertz CT molecular complexity index is 1490. The Kier molecular flexibility index (Phi) is 48.2. The summed E-state index contributed by atoms with van der Waals surface area (Å²) in [5.74, 6) is -1.00. The van der Waals surface area contributed by atoms with Crippen molar-refractivity contribution < 1.29 is 28.6 Å². The third-order valence-electron chi connectivity index (χ3n) is 10.0. The van der Waals surface area contributed by atoms with Gasteiger partial charge in [-0.2, -0.15) is 0 Å². The first-order chi connectivity index (χ1) is 32.0. The Balaban J connectivity index is 4.52. The molecule has 6 heteroatoms. The summed E-state index contributed by atoms with van der Waals surface area (Å²) in [5.41, 5.74) is 0. The Morgan fingerprint density at radius 2 is 0.631 bits per heavy atom. The summed E-state index contributed by atoms with van der Waals surface area (Å²) in [7, 11) is 0. The van der Waals surface area contributed by atoms with Crippen LogP contribution in [0.2, 0.25) is 0 Å². The summed E-state index contributed by atoms with van der Waals surface area (Å²) in [6.45, 7) is 6.15. The normalized spacial score (nSPS) is 13.3. The van der Waals surface area contributed by atoms with E-state index in [0.29, 0.717) is 12.8 Å². The molecule has 0 amide bonds. The third kappa shape index (κ3) is 50.2. The molecule has 0 fully saturated rings. The van der Waals surface area contributed by atoms with E-state index in [1.54, 1.807) is 0 Å². The molecule has 0 radical (unpaired) electrons. The van der Waals surface area contributed by atoms with Crippen molar-refractivity contribution in [2.45, 2.75) is 194 Å². The van der Waals surface area contributed by atoms with Crippen molar-refractivity contribution in [1.82, 2.24) is 0 Å². The maximum absolute atomic E-state index is 12.8. The molecule has 1 unspecified atom stereocenters. The number of hydrogen-bond donors (Lipinski definition) is 0. The van der Waals surface area contributed by atoms with E-state index in [1.807, 2.05) is 60.8 Å². The molecule has 0 bridgehead atoms. The van der Waals surface area contributed by atoms with Crippen molar-refractivity contribution in [3.63, 3.8) is 0 Å². The summed E-state index contributed by atoms with van der Waals surface area (Å²) < 4.78 is 16.7. The summed E-state index contributed by atoms with van der Waals surface area (Å²) >= 11 is 0. The molecule has 1 atom stereocenters. The molecule has 0 rings (SSSR count). The maximum atomic E-state index is 12.8. The van der Waals surface area contributed by atoms with Gasteiger partial charge in [-0.1, -0.05) is 218 Å². The van der Waals surface area contributed by atoms with E-state index in [1.165, 1.54) is 12.8 Å². The van der Waals surface area contributed by atoms with Gasteiger partial charge in [-0.15, -0.1) is 0 Å². The molecule has 0 heterocycles. The number of rotatable bonds is 43. The molecule has 0 aliphatic heterocycles. The Labute approximate surface area is 397 Å². The number of esters is 3. The predicted octanol–water partition coefficient (Wildman–Crippen LogP) is 16.9. The van der Waals surface area contributed by atoms with Gasteiger partial charge < -0.3 is 14.2 Å². The average molecular weight is 895 g/mol. The number of unbranched alkanes of at least 4 members (excludes halogenated alkanes) is 14. The lowest BCUT2D eigenvalue weighted by atomic mass is 10.1. The number of hydrogen-bond acceptors (Lipinski definition) is 6. The molecule has 0 saturated heterocycles. The minimum Gasteiger partial charge on any atom is -0.462 e. The molecule has 0 aromatic carbocycles. The van der Waals surface area contributed by atoms with Gasteiger partial charge in [-0.05, 0) is 96.3 Å². The number of carbonyl (C=O) groups is 3. The van der Waals surface area contributed by atoms with Crippen molar-refractivity contribution in [3.8, 4) is 0 Å². The fourth-order valence-electron chi connectivity index (χ4n) is 6.28. The van der Waals surface area contributed by atoms with Crippen LogP contribution in [0.1, 0.15) is 188 Å². The molecule has 6 nitrogen and oxygen atoms in total. The molecule has 362 valence electrons. The first-order valence-corrected chi connectivity index (χ1v) is 25.4. The summed E-state index contributed by atoms with van der Waals surface area (Å²) in [4.78, 5) is 38.0. The summed E-state index contributed by atoms with van der Waals surface area (Å²) in [6, 6.07) is 0. The molecule has 0 N–H and O–H groups in total. The van der Waals surface area contributed by atoms with E-state index < -0.39 is 6.10 Å². The van der Waals surface area contributed by atoms with Crippen LogP contribution in [0.4, 0.5) is 0 Å². The van der Waals surface area contributed by atoms with Gasteiger partial charge in [0, 0.05) is 19.3 Å². The van der Waals surface area contributed by atoms with E-state index in [2.05, 4.69) is 106 Å². The maximum Gasteiger partial charge on any atom is 0.306 e. The third-order valence-corrected chi connectivity index (χ3v) is 10.0. The zero-order valence-electron chi connectivity index (χ0n) is 41.2. The van der Waals surface area contributed by atoms with E-state index in [4.69, 9.17) is 14.2 Å². The Morgan fingerprint density at radius 1 is 0.323 bits per heavy atom. The van der Waals surface area contributed by atoms with E-state index >= 15 is 0 Å². The zero-order chi connectivity index (χ0) is 47.2. The van der Waals surface area contributed by atoms with Crippen LogP contribution in [0, 0.1) is 0 Å². The second-order valence-corrected chi connectivity index (χ2v) is 16.1. The molecule has 0 aromatic rings. The van der Waals surface area contributed by atoms with Gasteiger partial charge in [0.2, 0.25) is 0 Å². The number of ether oxygens (including phenoxy) is 3. The van der Waals surface area contributed by atoms with Crippen molar-refractivity contribution in [3.05, 3.63) is 146 Å². The van der Waals surface area contributed by atoms with Crippen molar-refractivity contribution in [2.75, 3.05) is 13.2 Å². The summed E-state index contributed by atoms with van der Waals surface area (Å²) in [6.07, 6.45) is 74.0. The Hall–Kier alpha value is -4.71. The van der Waals surface area contributed by atoms with Crippen LogP contribution in [-0.2, 0) is 28.6 Å². The SMILES string of the molecule is CC\C=C/C=C\C=C/C=C\CCCCCCCC(=O)OC(COC(=O)CCCCC\C=C/C=C\C=C/C=C\CC)COC(=O)CCCCCCCC/C=C\C/C=C\C/C=C\C/C=C\CC. The highest BCUT2D eigenvalue weighted by Gasteiger charge is 2.19. The van der Waals surface area contributed by atoms with Crippen LogP contribution in [-0.4, -0.2) is 37.2 Å². The highest BCUT2D eigenvalue weighted by Crippen LogP contribution is 2.13. The molecular formula is C59H90O6. The second kappa shape index (κ2) is 51.9.